The molecular weight excluding hydrogens is 365 g/mol. The Hall–Kier alpha value is -1.84. The molecule has 1 fully saturated rings. The Morgan fingerprint density at radius 3 is 2.37 bits per heavy atom. The number of aromatic nitrogens is 2. The molecule has 0 bridgehead atoms. The van der Waals surface area contributed by atoms with Crippen molar-refractivity contribution < 1.29 is 17.7 Å². The van der Waals surface area contributed by atoms with Crippen LogP contribution in [0.15, 0.2) is 30.6 Å². The largest absolute Gasteiger partial charge is 0.498 e. The number of nitrogens with one attached hydrogen (secondary N) is 1. The van der Waals surface area contributed by atoms with Crippen LogP contribution < -0.4 is 10.2 Å². The summed E-state index contributed by atoms with van der Waals surface area (Å²) in [7, 11) is -3.73. The highest BCUT2D eigenvalue weighted by Crippen LogP contribution is 2.36. The van der Waals surface area contributed by atoms with Crippen LogP contribution in [-0.4, -0.2) is 42.8 Å². The minimum Gasteiger partial charge on any atom is -0.399 e. The SMILES string of the molecule is Cc1cc(Cn2cc(B3OC(C)(C)C(C)(C)O3)cn2)ccc1NS(C)(=O)=O. The third-order valence-corrected chi connectivity index (χ3v) is 5.70. The van der Waals surface area contributed by atoms with E-state index in [4.69, 9.17) is 9.31 Å². The predicted molar refractivity (Wildman–Crippen MR) is 107 cm³/mol. The molecule has 1 aromatic heterocycles. The van der Waals surface area contributed by atoms with Gasteiger partial charge in [0.15, 0.2) is 0 Å². The molecule has 0 aliphatic carbocycles. The standard InChI is InChI=1S/C18H26BN3O4S/c1-13-9-14(7-8-16(13)21-27(6,23)24)11-22-12-15(10-20-22)19-25-17(2,3)18(4,5)26-19/h7-10,12,21H,11H2,1-6H3. The molecule has 1 N–H and O–H groups in total. The first-order valence-electron chi connectivity index (χ1n) is 8.82. The van der Waals surface area contributed by atoms with Gasteiger partial charge in [0, 0.05) is 17.9 Å². The van der Waals surface area contributed by atoms with Gasteiger partial charge in [0.25, 0.3) is 0 Å². The molecule has 0 spiro atoms. The van der Waals surface area contributed by atoms with E-state index in [2.05, 4.69) is 9.82 Å². The zero-order chi connectivity index (χ0) is 20.0. The van der Waals surface area contributed by atoms with Gasteiger partial charge in [-0.15, -0.1) is 0 Å². The Balaban J connectivity index is 1.72. The molecule has 9 heteroatoms. The normalized spacial score (nSPS) is 18.7. The summed E-state index contributed by atoms with van der Waals surface area (Å²) in [5.74, 6) is 0. The van der Waals surface area contributed by atoms with Crippen LogP contribution in [0.5, 0.6) is 0 Å². The van der Waals surface area contributed by atoms with Gasteiger partial charge in [0.1, 0.15) is 0 Å². The van der Waals surface area contributed by atoms with E-state index in [1.54, 1.807) is 12.3 Å². The second-order valence-electron chi connectivity index (χ2n) is 8.08. The molecule has 3 rings (SSSR count). The summed E-state index contributed by atoms with van der Waals surface area (Å²) in [6.07, 6.45) is 4.82. The molecule has 27 heavy (non-hydrogen) atoms. The topological polar surface area (TPSA) is 82.4 Å². The fraction of sp³-hybridized carbons (Fsp3) is 0.500. The van der Waals surface area contributed by atoms with E-state index in [-0.39, 0.29) is 11.2 Å². The number of hydrogen-bond donors (Lipinski definition) is 1. The molecule has 0 unspecified atom stereocenters. The highest BCUT2D eigenvalue weighted by molar-refractivity contribution is 7.92. The number of rotatable bonds is 5. The van der Waals surface area contributed by atoms with Crippen LogP contribution in [-0.2, 0) is 25.9 Å². The van der Waals surface area contributed by atoms with Gasteiger partial charge in [0.2, 0.25) is 10.0 Å². The molecule has 0 amide bonds. The van der Waals surface area contributed by atoms with Crippen LogP contribution >= 0.6 is 0 Å². The van der Waals surface area contributed by atoms with E-state index in [9.17, 15) is 8.42 Å². The van der Waals surface area contributed by atoms with Crippen molar-refractivity contribution in [3.63, 3.8) is 0 Å². The summed E-state index contributed by atoms with van der Waals surface area (Å²) >= 11 is 0. The maximum atomic E-state index is 11.4. The Labute approximate surface area is 161 Å². The van der Waals surface area contributed by atoms with Gasteiger partial charge < -0.3 is 9.31 Å². The minimum atomic E-state index is -3.29. The quantitative estimate of drug-likeness (QED) is 0.788. The number of nitrogens with zero attached hydrogens (tertiary/aromatic N) is 2. The molecule has 0 radical (unpaired) electrons. The summed E-state index contributed by atoms with van der Waals surface area (Å²) in [6.45, 7) is 10.5. The number of sulfonamides is 1. The van der Waals surface area contributed by atoms with E-state index < -0.39 is 17.1 Å². The molecule has 7 nitrogen and oxygen atoms in total. The Morgan fingerprint density at radius 1 is 1.19 bits per heavy atom. The van der Waals surface area contributed by atoms with E-state index in [1.807, 2.05) is 57.6 Å². The van der Waals surface area contributed by atoms with Crippen LogP contribution in [0.3, 0.4) is 0 Å². The van der Waals surface area contributed by atoms with Crippen molar-refractivity contribution in [2.24, 2.45) is 0 Å². The predicted octanol–water partition coefficient (Wildman–Crippen LogP) is 1.91. The second kappa shape index (κ2) is 6.65. The highest BCUT2D eigenvalue weighted by atomic mass is 32.2. The fourth-order valence-electron chi connectivity index (χ4n) is 2.89. The van der Waals surface area contributed by atoms with Gasteiger partial charge in [-0.2, -0.15) is 5.10 Å². The van der Waals surface area contributed by atoms with Crippen LogP contribution in [0.25, 0.3) is 0 Å². The van der Waals surface area contributed by atoms with Gasteiger partial charge in [-0.1, -0.05) is 12.1 Å². The number of aryl methyl sites for hydroxylation is 1. The highest BCUT2D eigenvalue weighted by Gasteiger charge is 2.52. The monoisotopic (exact) mass is 391 g/mol. The van der Waals surface area contributed by atoms with Crippen LogP contribution in [0.1, 0.15) is 38.8 Å². The Kier molecular flexibility index (Phi) is 4.90. The lowest BCUT2D eigenvalue weighted by Crippen LogP contribution is -2.41. The zero-order valence-corrected chi connectivity index (χ0v) is 17.4. The lowest BCUT2D eigenvalue weighted by molar-refractivity contribution is 0.00578. The molecule has 2 aromatic rings. The molecule has 1 aromatic carbocycles. The van der Waals surface area contributed by atoms with Crippen LogP contribution in [0, 0.1) is 6.92 Å². The first-order valence-corrected chi connectivity index (χ1v) is 10.7. The molecule has 1 saturated heterocycles. The van der Waals surface area contributed by atoms with Gasteiger partial charge >= 0.3 is 7.12 Å². The number of benzene rings is 1. The summed E-state index contributed by atoms with van der Waals surface area (Å²) in [5, 5.41) is 4.41. The third kappa shape index (κ3) is 4.36. The summed E-state index contributed by atoms with van der Waals surface area (Å²) < 4.78 is 39.2. The fourth-order valence-corrected chi connectivity index (χ4v) is 3.52. The zero-order valence-electron chi connectivity index (χ0n) is 16.6. The molecule has 146 valence electrons. The lowest BCUT2D eigenvalue weighted by atomic mass is 9.82. The Morgan fingerprint density at radius 2 is 1.81 bits per heavy atom. The molecule has 0 atom stereocenters. The average Bonchev–Trinajstić information content (AvgIpc) is 3.03. The van der Waals surface area contributed by atoms with E-state index >= 15 is 0 Å². The molecule has 2 heterocycles. The van der Waals surface area contributed by atoms with E-state index in [0.717, 1.165) is 22.8 Å². The molecule has 1 aliphatic heterocycles. The van der Waals surface area contributed by atoms with Crippen molar-refractivity contribution in [3.8, 4) is 0 Å². The van der Waals surface area contributed by atoms with E-state index in [0.29, 0.717) is 12.2 Å². The third-order valence-electron chi connectivity index (χ3n) is 5.11. The number of hydrogen-bond acceptors (Lipinski definition) is 5. The summed E-state index contributed by atoms with van der Waals surface area (Å²) in [4.78, 5) is 0. The van der Waals surface area contributed by atoms with Gasteiger partial charge in [-0.3, -0.25) is 9.40 Å². The summed E-state index contributed by atoms with van der Waals surface area (Å²) in [5.41, 5.74) is 2.56. The van der Waals surface area contributed by atoms with Crippen molar-refractivity contribution in [2.75, 3.05) is 11.0 Å². The lowest BCUT2D eigenvalue weighted by Gasteiger charge is -2.32. The van der Waals surface area contributed by atoms with Crippen molar-refractivity contribution >= 4 is 28.3 Å². The van der Waals surface area contributed by atoms with Crippen molar-refractivity contribution in [2.45, 2.75) is 52.4 Å². The van der Waals surface area contributed by atoms with Crippen LogP contribution in [0.4, 0.5) is 5.69 Å². The van der Waals surface area contributed by atoms with E-state index in [1.165, 1.54) is 0 Å². The van der Waals surface area contributed by atoms with Crippen molar-refractivity contribution in [1.29, 1.82) is 0 Å². The first-order chi connectivity index (χ1) is 12.4. The smallest absolute Gasteiger partial charge is 0.399 e. The second-order valence-corrected chi connectivity index (χ2v) is 9.83. The van der Waals surface area contributed by atoms with Crippen LogP contribution in [0.2, 0.25) is 0 Å². The molecule has 1 aliphatic rings. The maximum Gasteiger partial charge on any atom is 0.498 e. The van der Waals surface area contributed by atoms with Gasteiger partial charge in [-0.05, 0) is 51.8 Å². The van der Waals surface area contributed by atoms with Crippen molar-refractivity contribution in [1.82, 2.24) is 9.78 Å². The van der Waals surface area contributed by atoms with Crippen molar-refractivity contribution in [3.05, 3.63) is 41.7 Å². The number of anilines is 1. The average molecular weight is 391 g/mol. The maximum absolute atomic E-state index is 11.4. The first kappa shape index (κ1) is 19.9. The van der Waals surface area contributed by atoms with Gasteiger partial charge in [-0.25, -0.2) is 8.42 Å². The molecular formula is C18H26BN3O4S. The minimum absolute atomic E-state index is 0.390. The van der Waals surface area contributed by atoms with Gasteiger partial charge in [0.05, 0.1) is 29.7 Å². The summed E-state index contributed by atoms with van der Waals surface area (Å²) in [6, 6.07) is 5.60. The molecule has 0 saturated carbocycles. The Bertz CT molecular complexity index is 937.